The maximum absolute atomic E-state index is 13.0. The quantitative estimate of drug-likeness (QED) is 0.591. The fraction of sp³-hybridized carbons (Fsp3) is 0.526. The number of carboxylic acids is 1. The number of aliphatic carboxylic acids is 1. The highest BCUT2D eigenvalue weighted by atomic mass is 32.1. The van der Waals surface area contributed by atoms with Crippen molar-refractivity contribution in [3.8, 4) is 0 Å². The third-order valence-electron chi connectivity index (χ3n) is 5.48. The number of carbonyl (C=O) groups excluding carboxylic acids is 2. The molecule has 0 bridgehead atoms. The van der Waals surface area contributed by atoms with Crippen LogP contribution in [0.5, 0.6) is 0 Å². The second-order valence-corrected chi connectivity index (χ2v) is 7.42. The SMILES string of the molecule is O=C1CN(C2(C(=O)O)CCCCC2)C(=O)N1C(CS)Cc1ccccc1. The molecule has 1 aliphatic heterocycles. The van der Waals surface area contributed by atoms with Crippen LogP contribution in [-0.2, 0) is 16.0 Å². The van der Waals surface area contributed by atoms with Gasteiger partial charge in [0.25, 0.3) is 5.91 Å². The van der Waals surface area contributed by atoms with Gasteiger partial charge in [-0.05, 0) is 24.8 Å². The van der Waals surface area contributed by atoms with Gasteiger partial charge in [0.2, 0.25) is 0 Å². The number of rotatable bonds is 6. The molecule has 1 aromatic carbocycles. The zero-order chi connectivity index (χ0) is 18.7. The van der Waals surface area contributed by atoms with E-state index in [1.54, 1.807) is 0 Å². The largest absolute Gasteiger partial charge is 0.479 e. The molecule has 1 aromatic rings. The lowest BCUT2D eigenvalue weighted by molar-refractivity contribution is -0.151. The lowest BCUT2D eigenvalue weighted by atomic mass is 9.80. The number of carboxylic acid groups (broad SMARTS) is 1. The molecule has 0 radical (unpaired) electrons. The molecule has 1 heterocycles. The van der Waals surface area contributed by atoms with Gasteiger partial charge in [-0.25, -0.2) is 9.59 Å². The average Bonchev–Trinajstić information content (AvgIpc) is 2.96. The van der Waals surface area contributed by atoms with E-state index >= 15 is 0 Å². The molecule has 1 unspecified atom stereocenters. The minimum Gasteiger partial charge on any atom is -0.479 e. The first-order chi connectivity index (χ1) is 12.5. The van der Waals surface area contributed by atoms with E-state index in [1.165, 1.54) is 9.80 Å². The Labute approximate surface area is 158 Å². The first-order valence-corrected chi connectivity index (χ1v) is 9.64. The summed E-state index contributed by atoms with van der Waals surface area (Å²) in [4.78, 5) is 40.2. The molecule has 0 aromatic heterocycles. The number of benzene rings is 1. The predicted octanol–water partition coefficient (Wildman–Crippen LogP) is 2.58. The van der Waals surface area contributed by atoms with E-state index in [1.807, 2.05) is 30.3 Å². The zero-order valence-corrected chi connectivity index (χ0v) is 15.5. The minimum atomic E-state index is -1.26. The van der Waals surface area contributed by atoms with Crippen molar-refractivity contribution in [2.75, 3.05) is 12.3 Å². The maximum atomic E-state index is 13.0. The number of hydrogen-bond donors (Lipinski definition) is 2. The molecule has 2 aliphatic rings. The highest BCUT2D eigenvalue weighted by molar-refractivity contribution is 7.80. The first-order valence-electron chi connectivity index (χ1n) is 9.01. The van der Waals surface area contributed by atoms with Gasteiger partial charge in [0.1, 0.15) is 12.1 Å². The number of carbonyl (C=O) groups is 3. The summed E-state index contributed by atoms with van der Waals surface area (Å²) in [6, 6.07) is 8.73. The Morgan fingerprint density at radius 1 is 1.15 bits per heavy atom. The van der Waals surface area contributed by atoms with Crippen molar-refractivity contribution in [3.63, 3.8) is 0 Å². The molecular weight excluding hydrogens is 352 g/mol. The monoisotopic (exact) mass is 376 g/mol. The van der Waals surface area contributed by atoms with Crippen LogP contribution in [0.15, 0.2) is 30.3 Å². The Kier molecular flexibility index (Phi) is 5.55. The Balaban J connectivity index is 1.84. The minimum absolute atomic E-state index is 0.162. The third-order valence-corrected chi connectivity index (χ3v) is 5.91. The maximum Gasteiger partial charge on any atom is 0.329 e. The van der Waals surface area contributed by atoms with Crippen molar-refractivity contribution in [1.29, 1.82) is 0 Å². The fourth-order valence-corrected chi connectivity index (χ4v) is 4.36. The van der Waals surface area contributed by atoms with Crippen molar-refractivity contribution < 1.29 is 19.5 Å². The molecule has 1 N–H and O–H groups in total. The van der Waals surface area contributed by atoms with Crippen LogP contribution in [0.3, 0.4) is 0 Å². The van der Waals surface area contributed by atoms with Crippen LogP contribution in [0.2, 0.25) is 0 Å². The zero-order valence-electron chi connectivity index (χ0n) is 14.6. The topological polar surface area (TPSA) is 77.9 Å². The summed E-state index contributed by atoms with van der Waals surface area (Å²) >= 11 is 4.34. The second-order valence-electron chi connectivity index (χ2n) is 7.06. The van der Waals surface area contributed by atoms with Crippen molar-refractivity contribution in [2.24, 2.45) is 0 Å². The van der Waals surface area contributed by atoms with E-state index in [-0.39, 0.29) is 18.5 Å². The third kappa shape index (κ3) is 3.32. The van der Waals surface area contributed by atoms with Crippen molar-refractivity contribution >= 4 is 30.5 Å². The Hall–Kier alpha value is -2.02. The molecule has 140 valence electrons. The number of imide groups is 1. The number of nitrogens with zero attached hydrogens (tertiary/aromatic N) is 2. The van der Waals surface area contributed by atoms with Crippen molar-refractivity contribution in [3.05, 3.63) is 35.9 Å². The Morgan fingerprint density at radius 3 is 2.38 bits per heavy atom. The molecule has 3 amide bonds. The van der Waals surface area contributed by atoms with Gasteiger partial charge in [0, 0.05) is 5.75 Å². The molecule has 6 nitrogen and oxygen atoms in total. The molecule has 3 rings (SSSR count). The van der Waals surface area contributed by atoms with Crippen LogP contribution < -0.4 is 0 Å². The molecule has 2 fully saturated rings. The predicted molar refractivity (Wildman–Crippen MR) is 100 cm³/mol. The standard InChI is InChI=1S/C19H24N2O4S/c22-16-12-20(19(17(23)24)9-5-2-6-10-19)18(25)21(16)15(13-26)11-14-7-3-1-4-8-14/h1,3-4,7-8,15,26H,2,5-6,9-13H2,(H,23,24). The summed E-state index contributed by atoms with van der Waals surface area (Å²) in [5.41, 5.74) is -0.246. The highest BCUT2D eigenvalue weighted by Crippen LogP contribution is 2.37. The summed E-state index contributed by atoms with van der Waals surface area (Å²) in [6.45, 7) is -0.162. The normalized spacial score (nSPS) is 21.1. The number of hydrogen-bond acceptors (Lipinski definition) is 4. The van der Waals surface area contributed by atoms with Gasteiger partial charge in [-0.2, -0.15) is 12.6 Å². The van der Waals surface area contributed by atoms with Crippen LogP contribution in [0.25, 0.3) is 0 Å². The van der Waals surface area contributed by atoms with Crippen molar-refractivity contribution in [1.82, 2.24) is 9.80 Å². The molecule has 1 saturated carbocycles. The second kappa shape index (κ2) is 7.70. The van der Waals surface area contributed by atoms with E-state index < -0.39 is 17.5 Å². The average molecular weight is 376 g/mol. The van der Waals surface area contributed by atoms with Gasteiger partial charge < -0.3 is 5.11 Å². The number of amides is 3. The number of urea groups is 1. The summed E-state index contributed by atoms with van der Waals surface area (Å²) in [6.07, 6.45) is 3.78. The Bertz CT molecular complexity index is 688. The molecular formula is C19H24N2O4S. The summed E-state index contributed by atoms with van der Waals surface area (Å²) in [5.74, 6) is -1.01. The van der Waals surface area contributed by atoms with E-state index in [9.17, 15) is 19.5 Å². The highest BCUT2D eigenvalue weighted by Gasteiger charge is 2.54. The van der Waals surface area contributed by atoms with Crippen LogP contribution in [0.1, 0.15) is 37.7 Å². The van der Waals surface area contributed by atoms with Crippen LogP contribution in [0, 0.1) is 0 Å². The first kappa shape index (κ1) is 18.8. The molecule has 1 saturated heterocycles. The Morgan fingerprint density at radius 2 is 1.81 bits per heavy atom. The van der Waals surface area contributed by atoms with Gasteiger partial charge in [0.05, 0.1) is 6.04 Å². The summed E-state index contributed by atoms with van der Waals surface area (Å²) < 4.78 is 0. The summed E-state index contributed by atoms with van der Waals surface area (Å²) in [5, 5.41) is 9.83. The van der Waals surface area contributed by atoms with Crippen molar-refractivity contribution in [2.45, 2.75) is 50.1 Å². The van der Waals surface area contributed by atoms with E-state index in [0.717, 1.165) is 24.8 Å². The van der Waals surface area contributed by atoms with E-state index in [2.05, 4.69) is 12.6 Å². The molecule has 0 spiro atoms. The lowest BCUT2D eigenvalue weighted by Gasteiger charge is -2.40. The van der Waals surface area contributed by atoms with E-state index in [0.29, 0.717) is 25.0 Å². The van der Waals surface area contributed by atoms with E-state index in [4.69, 9.17) is 0 Å². The fourth-order valence-electron chi connectivity index (χ4n) is 4.07. The van der Waals surface area contributed by atoms with Gasteiger partial charge >= 0.3 is 12.0 Å². The van der Waals surface area contributed by atoms with Crippen LogP contribution in [-0.4, -0.2) is 56.7 Å². The van der Waals surface area contributed by atoms with Gasteiger partial charge in [0.15, 0.2) is 0 Å². The number of thiol groups is 1. The smallest absolute Gasteiger partial charge is 0.329 e. The molecule has 1 aliphatic carbocycles. The van der Waals surface area contributed by atoms with Gasteiger partial charge in [-0.3, -0.25) is 14.6 Å². The molecule has 1 atom stereocenters. The van der Waals surface area contributed by atoms with Crippen LogP contribution in [0.4, 0.5) is 4.79 Å². The molecule has 26 heavy (non-hydrogen) atoms. The van der Waals surface area contributed by atoms with Crippen LogP contribution >= 0.6 is 12.6 Å². The summed E-state index contributed by atoms with van der Waals surface area (Å²) in [7, 11) is 0. The van der Waals surface area contributed by atoms with Gasteiger partial charge in [-0.1, -0.05) is 49.6 Å². The lowest BCUT2D eigenvalue weighted by Crippen LogP contribution is -2.57. The molecule has 7 heteroatoms. The van der Waals surface area contributed by atoms with Gasteiger partial charge in [-0.15, -0.1) is 0 Å².